The molecule has 3 aromatic carbocycles. The Morgan fingerprint density at radius 1 is 1.03 bits per heavy atom. The summed E-state index contributed by atoms with van der Waals surface area (Å²) < 4.78 is 1.29. The zero-order valence-electron chi connectivity index (χ0n) is 16.4. The molecule has 0 aliphatic carbocycles. The number of amides is 1. The van der Waals surface area contributed by atoms with Crippen LogP contribution in [0, 0.1) is 0 Å². The first-order valence-electron chi connectivity index (χ1n) is 9.92. The molecule has 7 heteroatoms. The van der Waals surface area contributed by atoms with Gasteiger partial charge in [-0.25, -0.2) is 0 Å². The molecule has 1 aromatic heterocycles. The zero-order chi connectivity index (χ0) is 21.4. The molecule has 31 heavy (non-hydrogen) atoms. The highest BCUT2D eigenvalue weighted by Gasteiger charge is 2.25. The van der Waals surface area contributed by atoms with Crippen LogP contribution in [0.3, 0.4) is 0 Å². The quantitative estimate of drug-likeness (QED) is 0.479. The van der Waals surface area contributed by atoms with Gasteiger partial charge in [-0.15, -0.1) is 11.8 Å². The van der Waals surface area contributed by atoms with Crippen molar-refractivity contribution in [1.82, 2.24) is 15.1 Å². The number of halogens is 1. The summed E-state index contributed by atoms with van der Waals surface area (Å²) in [7, 11) is 0. The van der Waals surface area contributed by atoms with Crippen molar-refractivity contribution in [2.45, 2.75) is 17.4 Å². The zero-order valence-corrected chi connectivity index (χ0v) is 18.0. The van der Waals surface area contributed by atoms with Crippen LogP contribution in [0.25, 0.3) is 16.5 Å². The molecule has 0 spiro atoms. The van der Waals surface area contributed by atoms with Gasteiger partial charge in [0.15, 0.2) is 5.69 Å². The number of aromatic nitrogens is 2. The van der Waals surface area contributed by atoms with Gasteiger partial charge in [0, 0.05) is 21.1 Å². The molecular weight excluding hydrogens is 430 g/mol. The number of fused-ring (bicyclic) bond motifs is 2. The first-order chi connectivity index (χ1) is 15.1. The van der Waals surface area contributed by atoms with Crippen molar-refractivity contribution in [3.8, 4) is 5.69 Å². The van der Waals surface area contributed by atoms with Crippen molar-refractivity contribution in [2.75, 3.05) is 5.75 Å². The molecule has 1 N–H and O–H groups in total. The Bertz CT molecular complexity index is 1350. The molecule has 5 rings (SSSR count). The second-order valence-corrected chi connectivity index (χ2v) is 8.87. The monoisotopic (exact) mass is 447 g/mol. The predicted octanol–water partition coefficient (Wildman–Crippen LogP) is 5.01. The number of hydrogen-bond acceptors (Lipinski definition) is 4. The fourth-order valence-corrected chi connectivity index (χ4v) is 5.13. The molecule has 4 aromatic rings. The summed E-state index contributed by atoms with van der Waals surface area (Å²) in [6.45, 7) is 0. The van der Waals surface area contributed by atoms with Crippen LogP contribution in [0.1, 0.15) is 28.5 Å². The lowest BCUT2D eigenvalue weighted by Crippen LogP contribution is -2.33. The van der Waals surface area contributed by atoms with E-state index < -0.39 is 0 Å². The standard InChI is InChI=1S/C24H18ClN3O2S/c25-15-10-11-21-19(14-15)20(12-13-31-21)26-23(29)22-17-8-4-5-9-18(17)24(30)28(27-22)16-6-2-1-3-7-16/h1-11,14,20H,12-13H2,(H,26,29). The van der Waals surface area contributed by atoms with Gasteiger partial charge in [0.2, 0.25) is 0 Å². The van der Waals surface area contributed by atoms with Crippen LogP contribution in [-0.4, -0.2) is 21.4 Å². The molecular formula is C24H18ClN3O2S. The van der Waals surface area contributed by atoms with E-state index in [0.29, 0.717) is 21.5 Å². The van der Waals surface area contributed by atoms with Crippen molar-refractivity contribution in [3.05, 3.63) is 99.4 Å². The number of rotatable bonds is 3. The van der Waals surface area contributed by atoms with Gasteiger partial charge in [0.25, 0.3) is 11.5 Å². The second kappa shape index (κ2) is 8.21. The van der Waals surface area contributed by atoms with E-state index in [1.54, 1.807) is 48.2 Å². The second-order valence-electron chi connectivity index (χ2n) is 7.29. The van der Waals surface area contributed by atoms with E-state index in [1.807, 2.05) is 36.4 Å². The Balaban J connectivity index is 1.59. The summed E-state index contributed by atoms with van der Waals surface area (Å²) in [6, 6.07) is 21.8. The van der Waals surface area contributed by atoms with Crippen LogP contribution in [0.2, 0.25) is 5.02 Å². The summed E-state index contributed by atoms with van der Waals surface area (Å²) in [5.74, 6) is 0.584. The van der Waals surface area contributed by atoms with E-state index in [0.717, 1.165) is 22.6 Å². The smallest absolute Gasteiger partial charge is 0.279 e. The maximum atomic E-state index is 13.4. The number of carbonyl (C=O) groups excluding carboxylic acids is 1. The highest BCUT2D eigenvalue weighted by Crippen LogP contribution is 2.37. The first-order valence-corrected chi connectivity index (χ1v) is 11.3. The molecule has 5 nitrogen and oxygen atoms in total. The molecule has 0 fully saturated rings. The van der Waals surface area contributed by atoms with Crippen molar-refractivity contribution in [1.29, 1.82) is 0 Å². The summed E-state index contributed by atoms with van der Waals surface area (Å²) in [6.07, 6.45) is 0.792. The van der Waals surface area contributed by atoms with Gasteiger partial charge in [-0.1, -0.05) is 48.0 Å². The van der Waals surface area contributed by atoms with Gasteiger partial charge in [0.1, 0.15) is 0 Å². The van der Waals surface area contributed by atoms with Crippen molar-refractivity contribution in [2.24, 2.45) is 0 Å². The molecule has 0 saturated heterocycles. The van der Waals surface area contributed by atoms with Crippen LogP contribution >= 0.6 is 23.4 Å². The fourth-order valence-electron chi connectivity index (χ4n) is 3.84. The average molecular weight is 448 g/mol. The number of hydrogen-bond donors (Lipinski definition) is 1. The van der Waals surface area contributed by atoms with Crippen LogP contribution in [0.5, 0.6) is 0 Å². The van der Waals surface area contributed by atoms with E-state index in [2.05, 4.69) is 10.4 Å². The van der Waals surface area contributed by atoms with Gasteiger partial charge < -0.3 is 5.32 Å². The van der Waals surface area contributed by atoms with E-state index >= 15 is 0 Å². The number of para-hydroxylation sites is 1. The lowest BCUT2D eigenvalue weighted by atomic mass is 10.0. The van der Waals surface area contributed by atoms with Crippen molar-refractivity contribution >= 4 is 40.0 Å². The number of thioether (sulfide) groups is 1. The Morgan fingerprint density at radius 2 is 1.77 bits per heavy atom. The molecule has 1 aliphatic rings. The molecule has 1 unspecified atom stereocenters. The van der Waals surface area contributed by atoms with Crippen LogP contribution in [0.4, 0.5) is 0 Å². The maximum absolute atomic E-state index is 13.4. The van der Waals surface area contributed by atoms with E-state index in [1.165, 1.54) is 4.68 Å². The van der Waals surface area contributed by atoms with Crippen LogP contribution in [-0.2, 0) is 0 Å². The lowest BCUT2D eigenvalue weighted by Gasteiger charge is -2.26. The summed E-state index contributed by atoms with van der Waals surface area (Å²) in [4.78, 5) is 27.6. The molecule has 2 heterocycles. The number of benzene rings is 3. The average Bonchev–Trinajstić information content (AvgIpc) is 2.80. The Kier molecular flexibility index (Phi) is 5.26. The molecule has 1 aliphatic heterocycles. The Morgan fingerprint density at radius 3 is 2.58 bits per heavy atom. The SMILES string of the molecule is O=C(NC1CCSc2ccc(Cl)cc21)c1nn(-c2ccccc2)c(=O)c2ccccc12. The molecule has 154 valence electrons. The first kappa shape index (κ1) is 19.8. The van der Waals surface area contributed by atoms with E-state index in [4.69, 9.17) is 11.6 Å². The lowest BCUT2D eigenvalue weighted by molar-refractivity contribution is 0.0930. The number of carbonyl (C=O) groups is 1. The molecule has 0 radical (unpaired) electrons. The number of nitrogens with one attached hydrogen (secondary N) is 1. The minimum absolute atomic E-state index is 0.167. The van der Waals surface area contributed by atoms with Gasteiger partial charge in [-0.2, -0.15) is 9.78 Å². The third-order valence-corrected chi connectivity index (χ3v) is 6.70. The van der Waals surface area contributed by atoms with Gasteiger partial charge in [-0.3, -0.25) is 9.59 Å². The Hall–Kier alpha value is -3.09. The van der Waals surface area contributed by atoms with Crippen molar-refractivity contribution in [3.63, 3.8) is 0 Å². The third kappa shape index (κ3) is 3.73. The predicted molar refractivity (Wildman–Crippen MR) is 124 cm³/mol. The van der Waals surface area contributed by atoms with Crippen molar-refractivity contribution < 1.29 is 4.79 Å². The van der Waals surface area contributed by atoms with E-state index in [9.17, 15) is 9.59 Å². The Labute approximate surface area is 188 Å². The van der Waals surface area contributed by atoms with Gasteiger partial charge in [-0.05, 0) is 48.4 Å². The fraction of sp³-hybridized carbons (Fsp3) is 0.125. The molecule has 1 amide bonds. The van der Waals surface area contributed by atoms with Crippen LogP contribution < -0.4 is 10.9 Å². The van der Waals surface area contributed by atoms with Gasteiger partial charge in [0.05, 0.1) is 17.1 Å². The highest BCUT2D eigenvalue weighted by atomic mass is 35.5. The summed E-state index contributed by atoms with van der Waals surface area (Å²) >= 11 is 7.96. The minimum atomic E-state index is -0.316. The minimum Gasteiger partial charge on any atom is -0.344 e. The van der Waals surface area contributed by atoms with Gasteiger partial charge >= 0.3 is 0 Å². The molecule has 0 bridgehead atoms. The topological polar surface area (TPSA) is 64.0 Å². The molecule has 0 saturated carbocycles. The third-order valence-electron chi connectivity index (χ3n) is 5.34. The van der Waals surface area contributed by atoms with E-state index in [-0.39, 0.29) is 23.2 Å². The summed E-state index contributed by atoms with van der Waals surface area (Å²) in [5, 5.41) is 9.22. The normalized spacial score (nSPS) is 15.5. The number of nitrogens with zero attached hydrogens (tertiary/aromatic N) is 2. The molecule has 1 atom stereocenters. The largest absolute Gasteiger partial charge is 0.344 e. The highest BCUT2D eigenvalue weighted by molar-refractivity contribution is 7.99. The maximum Gasteiger partial charge on any atom is 0.279 e. The summed E-state index contributed by atoms with van der Waals surface area (Å²) in [5.41, 5.74) is 1.58. The van der Waals surface area contributed by atoms with Crippen LogP contribution in [0.15, 0.2) is 82.5 Å².